The van der Waals surface area contributed by atoms with E-state index in [1.807, 2.05) is 0 Å². The van der Waals surface area contributed by atoms with Crippen LogP contribution in [0.15, 0.2) is 18.2 Å². The van der Waals surface area contributed by atoms with Gasteiger partial charge in [-0.2, -0.15) is 0 Å². The van der Waals surface area contributed by atoms with Crippen molar-refractivity contribution in [3.63, 3.8) is 0 Å². The van der Waals surface area contributed by atoms with E-state index in [9.17, 15) is 0 Å². The molecule has 1 atom stereocenters. The number of hydrogen-bond acceptors (Lipinski definition) is 3. The Kier molecular flexibility index (Phi) is 5.44. The van der Waals surface area contributed by atoms with Crippen LogP contribution in [0.5, 0.6) is 0 Å². The lowest BCUT2D eigenvalue weighted by Crippen LogP contribution is -2.42. The molecule has 1 N–H and O–H groups in total. The lowest BCUT2D eigenvalue weighted by Gasteiger charge is -2.34. The number of hydrogen-bond donors (Lipinski definition) is 1. The summed E-state index contributed by atoms with van der Waals surface area (Å²) >= 11 is 0. The molecule has 1 aliphatic heterocycles. The SMILES string of the molecule is CCC1CN(c2ccc(CNC(C)C)c(C)c2)CCO1. The Morgan fingerprint density at radius 1 is 1.40 bits per heavy atom. The zero-order chi connectivity index (χ0) is 14.5. The van der Waals surface area contributed by atoms with E-state index in [0.29, 0.717) is 12.1 Å². The molecule has 3 heteroatoms. The van der Waals surface area contributed by atoms with E-state index in [1.54, 1.807) is 0 Å². The van der Waals surface area contributed by atoms with E-state index in [0.717, 1.165) is 32.7 Å². The first-order chi connectivity index (χ1) is 9.60. The molecule has 0 aromatic heterocycles. The zero-order valence-corrected chi connectivity index (χ0v) is 13.3. The van der Waals surface area contributed by atoms with Gasteiger partial charge in [-0.3, -0.25) is 0 Å². The van der Waals surface area contributed by atoms with Crippen molar-refractivity contribution in [3.8, 4) is 0 Å². The third-order valence-corrected chi connectivity index (χ3v) is 3.99. The molecule has 2 rings (SSSR count). The van der Waals surface area contributed by atoms with Gasteiger partial charge in [-0.15, -0.1) is 0 Å². The number of morpholine rings is 1. The molecule has 1 saturated heterocycles. The van der Waals surface area contributed by atoms with E-state index in [1.165, 1.54) is 16.8 Å². The molecule has 112 valence electrons. The van der Waals surface area contributed by atoms with Crippen molar-refractivity contribution >= 4 is 5.69 Å². The van der Waals surface area contributed by atoms with Crippen LogP contribution in [-0.2, 0) is 11.3 Å². The van der Waals surface area contributed by atoms with Gasteiger partial charge >= 0.3 is 0 Å². The molecule has 1 aliphatic rings. The van der Waals surface area contributed by atoms with Crippen molar-refractivity contribution in [1.82, 2.24) is 5.32 Å². The van der Waals surface area contributed by atoms with Gasteiger partial charge < -0.3 is 15.0 Å². The number of nitrogens with zero attached hydrogens (tertiary/aromatic N) is 1. The fourth-order valence-electron chi connectivity index (χ4n) is 2.59. The van der Waals surface area contributed by atoms with Gasteiger partial charge in [0.25, 0.3) is 0 Å². The third-order valence-electron chi connectivity index (χ3n) is 3.99. The molecular weight excluding hydrogens is 248 g/mol. The van der Waals surface area contributed by atoms with Crippen LogP contribution < -0.4 is 10.2 Å². The van der Waals surface area contributed by atoms with Crippen molar-refractivity contribution in [2.45, 2.75) is 52.8 Å². The highest BCUT2D eigenvalue weighted by Crippen LogP contribution is 2.22. The molecular formula is C17H28N2O. The molecule has 1 aromatic carbocycles. The molecule has 0 saturated carbocycles. The fourth-order valence-corrected chi connectivity index (χ4v) is 2.59. The number of rotatable bonds is 5. The van der Waals surface area contributed by atoms with Gasteiger partial charge in [-0.1, -0.05) is 26.8 Å². The van der Waals surface area contributed by atoms with Crippen LogP contribution in [0.3, 0.4) is 0 Å². The molecule has 0 aliphatic carbocycles. The first kappa shape index (κ1) is 15.3. The van der Waals surface area contributed by atoms with E-state index in [4.69, 9.17) is 4.74 Å². The summed E-state index contributed by atoms with van der Waals surface area (Å²) in [7, 11) is 0. The smallest absolute Gasteiger partial charge is 0.0748 e. The van der Waals surface area contributed by atoms with Crippen molar-refractivity contribution in [1.29, 1.82) is 0 Å². The topological polar surface area (TPSA) is 24.5 Å². The standard InChI is InChI=1S/C17H28N2O/c1-5-17-12-19(8-9-20-17)16-7-6-15(14(4)10-16)11-18-13(2)3/h6-7,10,13,17-18H,5,8-9,11-12H2,1-4H3. The molecule has 0 spiro atoms. The van der Waals surface area contributed by atoms with Gasteiger partial charge in [0.2, 0.25) is 0 Å². The summed E-state index contributed by atoms with van der Waals surface area (Å²) in [4.78, 5) is 2.45. The van der Waals surface area contributed by atoms with E-state index >= 15 is 0 Å². The van der Waals surface area contributed by atoms with Gasteiger partial charge in [0.1, 0.15) is 0 Å². The highest BCUT2D eigenvalue weighted by molar-refractivity contribution is 5.51. The van der Waals surface area contributed by atoms with Crippen LogP contribution in [0, 0.1) is 6.92 Å². The second kappa shape index (κ2) is 7.09. The van der Waals surface area contributed by atoms with Gasteiger partial charge in [0, 0.05) is 31.4 Å². The van der Waals surface area contributed by atoms with E-state index < -0.39 is 0 Å². The lowest BCUT2D eigenvalue weighted by atomic mass is 10.1. The summed E-state index contributed by atoms with van der Waals surface area (Å²) in [6.45, 7) is 12.6. The number of nitrogens with one attached hydrogen (secondary N) is 1. The summed E-state index contributed by atoms with van der Waals surface area (Å²) in [5.74, 6) is 0. The van der Waals surface area contributed by atoms with Crippen LogP contribution in [0.4, 0.5) is 5.69 Å². The van der Waals surface area contributed by atoms with Crippen molar-refractivity contribution in [2.24, 2.45) is 0 Å². The fraction of sp³-hybridized carbons (Fsp3) is 0.647. The normalized spacial score (nSPS) is 19.6. The zero-order valence-electron chi connectivity index (χ0n) is 13.3. The minimum atomic E-state index is 0.381. The van der Waals surface area contributed by atoms with E-state index in [-0.39, 0.29) is 0 Å². The Labute approximate surface area is 123 Å². The first-order valence-corrected chi connectivity index (χ1v) is 7.79. The van der Waals surface area contributed by atoms with Crippen molar-refractivity contribution < 1.29 is 4.74 Å². The third kappa shape index (κ3) is 3.97. The molecule has 1 heterocycles. The summed E-state index contributed by atoms with van der Waals surface area (Å²) < 4.78 is 5.75. The maximum Gasteiger partial charge on any atom is 0.0748 e. The highest BCUT2D eigenvalue weighted by atomic mass is 16.5. The number of aryl methyl sites for hydroxylation is 1. The maximum atomic E-state index is 5.75. The Morgan fingerprint density at radius 3 is 2.85 bits per heavy atom. The Bertz CT molecular complexity index is 431. The largest absolute Gasteiger partial charge is 0.375 e. The molecule has 1 fully saturated rings. The van der Waals surface area contributed by atoms with Crippen LogP contribution in [0.25, 0.3) is 0 Å². The number of ether oxygens (including phenoxy) is 1. The maximum absolute atomic E-state index is 5.75. The van der Waals surface area contributed by atoms with E-state index in [2.05, 4.69) is 56.1 Å². The van der Waals surface area contributed by atoms with Crippen molar-refractivity contribution in [3.05, 3.63) is 29.3 Å². The Morgan fingerprint density at radius 2 is 2.20 bits per heavy atom. The van der Waals surface area contributed by atoms with Crippen LogP contribution in [0.1, 0.15) is 38.3 Å². The second-order valence-electron chi connectivity index (χ2n) is 5.99. The molecule has 0 amide bonds. The average Bonchev–Trinajstić information content (AvgIpc) is 2.46. The molecule has 1 unspecified atom stereocenters. The molecule has 3 nitrogen and oxygen atoms in total. The predicted molar refractivity (Wildman–Crippen MR) is 85.4 cm³/mol. The summed E-state index contributed by atoms with van der Waals surface area (Å²) in [5, 5.41) is 3.48. The van der Waals surface area contributed by atoms with Crippen LogP contribution >= 0.6 is 0 Å². The average molecular weight is 276 g/mol. The number of anilines is 1. The van der Waals surface area contributed by atoms with Gasteiger partial charge in [-0.05, 0) is 36.6 Å². The lowest BCUT2D eigenvalue weighted by molar-refractivity contribution is 0.0384. The van der Waals surface area contributed by atoms with Crippen LogP contribution in [0.2, 0.25) is 0 Å². The minimum Gasteiger partial charge on any atom is -0.375 e. The Hall–Kier alpha value is -1.06. The highest BCUT2D eigenvalue weighted by Gasteiger charge is 2.19. The van der Waals surface area contributed by atoms with Crippen molar-refractivity contribution in [2.75, 3.05) is 24.6 Å². The molecule has 0 radical (unpaired) electrons. The van der Waals surface area contributed by atoms with Crippen LogP contribution in [-0.4, -0.2) is 31.8 Å². The number of benzene rings is 1. The monoisotopic (exact) mass is 276 g/mol. The van der Waals surface area contributed by atoms with Gasteiger partial charge in [0.05, 0.1) is 12.7 Å². The predicted octanol–water partition coefficient (Wildman–Crippen LogP) is 3.11. The summed E-state index contributed by atoms with van der Waals surface area (Å²) in [5.41, 5.74) is 4.09. The molecule has 20 heavy (non-hydrogen) atoms. The summed E-state index contributed by atoms with van der Waals surface area (Å²) in [6.07, 6.45) is 1.47. The Balaban J connectivity index is 2.04. The molecule has 1 aromatic rings. The second-order valence-corrected chi connectivity index (χ2v) is 5.99. The minimum absolute atomic E-state index is 0.381. The summed E-state index contributed by atoms with van der Waals surface area (Å²) in [6, 6.07) is 7.35. The van der Waals surface area contributed by atoms with Gasteiger partial charge in [0.15, 0.2) is 0 Å². The quantitative estimate of drug-likeness (QED) is 0.894. The molecule has 0 bridgehead atoms. The first-order valence-electron chi connectivity index (χ1n) is 7.79. The van der Waals surface area contributed by atoms with Gasteiger partial charge in [-0.25, -0.2) is 0 Å².